The third-order valence-corrected chi connectivity index (χ3v) is 3.70. The molecule has 0 aromatic heterocycles. The molecular formula is C13H25NO2. The molecule has 0 heterocycles. The average molecular weight is 227 g/mol. The minimum atomic E-state index is -0.456. The first kappa shape index (κ1) is 13.5. The molecule has 4 atom stereocenters. The van der Waals surface area contributed by atoms with Gasteiger partial charge in [0.15, 0.2) is 0 Å². The summed E-state index contributed by atoms with van der Waals surface area (Å²) in [6, 6.07) is -0.456. The maximum atomic E-state index is 11.8. The SMILES string of the molecule is CCC(C)C(N)C(=O)OC1CCCC(C)C1. The summed E-state index contributed by atoms with van der Waals surface area (Å²) in [4.78, 5) is 11.8. The third kappa shape index (κ3) is 3.78. The molecule has 0 spiro atoms. The van der Waals surface area contributed by atoms with Crippen LogP contribution >= 0.6 is 0 Å². The highest BCUT2D eigenvalue weighted by atomic mass is 16.5. The van der Waals surface area contributed by atoms with Gasteiger partial charge in [0.05, 0.1) is 0 Å². The van der Waals surface area contributed by atoms with Gasteiger partial charge in [0.25, 0.3) is 0 Å². The first-order valence-electron chi connectivity index (χ1n) is 6.50. The molecule has 94 valence electrons. The van der Waals surface area contributed by atoms with Crippen molar-refractivity contribution in [2.45, 2.75) is 65.0 Å². The van der Waals surface area contributed by atoms with Crippen molar-refractivity contribution in [3.8, 4) is 0 Å². The number of esters is 1. The molecule has 1 saturated carbocycles. The highest BCUT2D eigenvalue weighted by Gasteiger charge is 2.26. The van der Waals surface area contributed by atoms with Crippen molar-refractivity contribution in [3.05, 3.63) is 0 Å². The number of nitrogens with two attached hydrogens (primary N) is 1. The second kappa shape index (κ2) is 6.24. The molecule has 0 saturated heterocycles. The number of hydrogen-bond acceptors (Lipinski definition) is 3. The van der Waals surface area contributed by atoms with E-state index in [1.807, 2.05) is 13.8 Å². The lowest BCUT2D eigenvalue weighted by Gasteiger charge is -2.28. The first-order valence-corrected chi connectivity index (χ1v) is 6.50. The Bertz CT molecular complexity index is 230. The molecule has 0 bridgehead atoms. The fourth-order valence-electron chi connectivity index (χ4n) is 2.21. The Labute approximate surface area is 98.7 Å². The van der Waals surface area contributed by atoms with Gasteiger partial charge in [-0.3, -0.25) is 4.79 Å². The Kier molecular flexibility index (Phi) is 5.26. The molecule has 4 unspecified atom stereocenters. The first-order chi connectivity index (χ1) is 7.54. The van der Waals surface area contributed by atoms with Gasteiger partial charge in [-0.1, -0.05) is 33.6 Å². The van der Waals surface area contributed by atoms with Gasteiger partial charge in [-0.05, 0) is 31.1 Å². The highest BCUT2D eigenvalue weighted by Crippen LogP contribution is 2.26. The monoisotopic (exact) mass is 227 g/mol. The lowest BCUT2D eigenvalue weighted by molar-refractivity contribution is -0.154. The van der Waals surface area contributed by atoms with Crippen LogP contribution in [0, 0.1) is 11.8 Å². The molecular weight excluding hydrogens is 202 g/mol. The minimum absolute atomic E-state index is 0.103. The number of carbonyl (C=O) groups excluding carboxylic acids is 1. The predicted molar refractivity (Wildman–Crippen MR) is 64.9 cm³/mol. The van der Waals surface area contributed by atoms with Crippen LogP contribution in [0.3, 0.4) is 0 Å². The van der Waals surface area contributed by atoms with Gasteiger partial charge >= 0.3 is 5.97 Å². The summed E-state index contributed by atoms with van der Waals surface area (Å²) in [5.41, 5.74) is 5.85. The van der Waals surface area contributed by atoms with E-state index in [1.54, 1.807) is 0 Å². The summed E-state index contributed by atoms with van der Waals surface area (Å²) in [6.45, 7) is 6.25. The average Bonchev–Trinajstić information content (AvgIpc) is 2.27. The van der Waals surface area contributed by atoms with Crippen molar-refractivity contribution in [2.24, 2.45) is 17.6 Å². The maximum absolute atomic E-state index is 11.8. The van der Waals surface area contributed by atoms with E-state index in [9.17, 15) is 4.79 Å². The Morgan fingerprint density at radius 2 is 2.19 bits per heavy atom. The van der Waals surface area contributed by atoms with E-state index in [-0.39, 0.29) is 18.0 Å². The summed E-state index contributed by atoms with van der Waals surface area (Å²) in [7, 11) is 0. The number of ether oxygens (including phenoxy) is 1. The maximum Gasteiger partial charge on any atom is 0.323 e. The standard InChI is InChI=1S/C13H25NO2/c1-4-10(3)12(14)13(15)16-11-7-5-6-9(2)8-11/h9-12H,4-8,14H2,1-3H3. The van der Waals surface area contributed by atoms with Gasteiger partial charge in [0.1, 0.15) is 12.1 Å². The summed E-state index contributed by atoms with van der Waals surface area (Å²) < 4.78 is 5.48. The molecule has 3 heteroatoms. The molecule has 16 heavy (non-hydrogen) atoms. The smallest absolute Gasteiger partial charge is 0.323 e. The van der Waals surface area contributed by atoms with Crippen LogP contribution in [0.25, 0.3) is 0 Å². The zero-order valence-corrected chi connectivity index (χ0v) is 10.7. The van der Waals surface area contributed by atoms with E-state index in [4.69, 9.17) is 10.5 Å². The van der Waals surface area contributed by atoms with Crippen LogP contribution in [0.4, 0.5) is 0 Å². The van der Waals surface area contributed by atoms with E-state index in [2.05, 4.69) is 6.92 Å². The van der Waals surface area contributed by atoms with E-state index < -0.39 is 6.04 Å². The largest absolute Gasteiger partial charge is 0.461 e. The number of rotatable bonds is 4. The fraction of sp³-hybridized carbons (Fsp3) is 0.923. The molecule has 1 fully saturated rings. The van der Waals surface area contributed by atoms with Gasteiger partial charge < -0.3 is 10.5 Å². The van der Waals surface area contributed by atoms with Gasteiger partial charge in [0.2, 0.25) is 0 Å². The van der Waals surface area contributed by atoms with Crippen LogP contribution < -0.4 is 5.73 Å². The van der Waals surface area contributed by atoms with Gasteiger partial charge in [-0.25, -0.2) is 0 Å². The Hall–Kier alpha value is -0.570. The molecule has 1 aliphatic rings. The highest BCUT2D eigenvalue weighted by molar-refractivity contribution is 5.76. The van der Waals surface area contributed by atoms with Crippen LogP contribution in [-0.4, -0.2) is 18.1 Å². The molecule has 3 nitrogen and oxygen atoms in total. The third-order valence-electron chi connectivity index (χ3n) is 3.70. The number of carbonyl (C=O) groups is 1. The second-order valence-corrected chi connectivity index (χ2v) is 5.24. The summed E-state index contributed by atoms with van der Waals surface area (Å²) in [5.74, 6) is 0.660. The fourth-order valence-corrected chi connectivity index (χ4v) is 2.21. The lowest BCUT2D eigenvalue weighted by atomic mass is 9.88. The van der Waals surface area contributed by atoms with Gasteiger partial charge in [-0.15, -0.1) is 0 Å². The molecule has 1 aliphatic carbocycles. The van der Waals surface area contributed by atoms with Crippen molar-refractivity contribution >= 4 is 5.97 Å². The van der Waals surface area contributed by atoms with E-state index in [1.165, 1.54) is 6.42 Å². The molecule has 0 aromatic rings. The molecule has 1 rings (SSSR count). The summed E-state index contributed by atoms with van der Waals surface area (Å²) in [6.07, 6.45) is 5.44. The van der Waals surface area contributed by atoms with E-state index >= 15 is 0 Å². The Balaban J connectivity index is 2.38. The quantitative estimate of drug-likeness (QED) is 0.751. The Morgan fingerprint density at radius 3 is 2.75 bits per heavy atom. The normalized spacial score (nSPS) is 29.5. The molecule has 0 radical (unpaired) electrons. The molecule has 0 aromatic carbocycles. The molecule has 0 aliphatic heterocycles. The van der Waals surface area contributed by atoms with E-state index in [0.29, 0.717) is 5.92 Å². The molecule has 2 N–H and O–H groups in total. The molecule has 0 amide bonds. The van der Waals surface area contributed by atoms with Gasteiger partial charge in [-0.2, -0.15) is 0 Å². The lowest BCUT2D eigenvalue weighted by Crippen LogP contribution is -2.40. The van der Waals surface area contributed by atoms with Crippen molar-refractivity contribution in [2.75, 3.05) is 0 Å². The Morgan fingerprint density at radius 1 is 1.50 bits per heavy atom. The topological polar surface area (TPSA) is 52.3 Å². The van der Waals surface area contributed by atoms with Crippen molar-refractivity contribution in [1.82, 2.24) is 0 Å². The number of hydrogen-bond donors (Lipinski definition) is 1. The van der Waals surface area contributed by atoms with E-state index in [0.717, 1.165) is 25.7 Å². The predicted octanol–water partition coefficient (Wildman–Crippen LogP) is 2.48. The zero-order valence-electron chi connectivity index (χ0n) is 10.7. The van der Waals surface area contributed by atoms with Crippen LogP contribution in [0.2, 0.25) is 0 Å². The second-order valence-electron chi connectivity index (χ2n) is 5.24. The van der Waals surface area contributed by atoms with Crippen LogP contribution in [0.5, 0.6) is 0 Å². The van der Waals surface area contributed by atoms with Crippen molar-refractivity contribution < 1.29 is 9.53 Å². The van der Waals surface area contributed by atoms with Crippen LogP contribution in [0.15, 0.2) is 0 Å². The van der Waals surface area contributed by atoms with Crippen molar-refractivity contribution in [1.29, 1.82) is 0 Å². The van der Waals surface area contributed by atoms with Gasteiger partial charge in [0, 0.05) is 0 Å². The summed E-state index contributed by atoms with van der Waals surface area (Å²) in [5, 5.41) is 0. The van der Waals surface area contributed by atoms with Crippen molar-refractivity contribution in [3.63, 3.8) is 0 Å². The van der Waals surface area contributed by atoms with Crippen LogP contribution in [0.1, 0.15) is 52.9 Å². The zero-order chi connectivity index (χ0) is 12.1. The van der Waals surface area contributed by atoms with Crippen LogP contribution in [-0.2, 0) is 9.53 Å². The summed E-state index contributed by atoms with van der Waals surface area (Å²) >= 11 is 0. The minimum Gasteiger partial charge on any atom is -0.461 e.